The first kappa shape index (κ1) is 21.8. The van der Waals surface area contributed by atoms with E-state index in [9.17, 15) is 9.50 Å². The van der Waals surface area contributed by atoms with E-state index >= 15 is 0 Å². The molecule has 0 saturated carbocycles. The van der Waals surface area contributed by atoms with Crippen LogP contribution in [0.4, 0.5) is 4.39 Å². The second kappa shape index (κ2) is 10.8. The fourth-order valence-electron chi connectivity index (χ4n) is 3.52. The molecule has 0 aromatic heterocycles. The van der Waals surface area contributed by atoms with Gasteiger partial charge in [-0.1, -0.05) is 48.5 Å². The van der Waals surface area contributed by atoms with Gasteiger partial charge in [0.05, 0.1) is 20.3 Å². The first-order chi connectivity index (χ1) is 14.6. The van der Waals surface area contributed by atoms with Crippen LogP contribution in [-0.4, -0.2) is 36.9 Å². The Labute approximate surface area is 177 Å². The second-order valence-corrected chi connectivity index (χ2v) is 7.33. The number of aliphatic hydroxyl groups excluding tert-OH is 1. The predicted molar refractivity (Wildman–Crippen MR) is 116 cm³/mol. The topological polar surface area (TPSA) is 41.9 Å². The Balaban J connectivity index is 1.75. The zero-order chi connectivity index (χ0) is 21.3. The summed E-state index contributed by atoms with van der Waals surface area (Å²) in [7, 11) is 3.22. The summed E-state index contributed by atoms with van der Waals surface area (Å²) in [5.74, 6) is 1.09. The highest BCUT2D eigenvalue weighted by Gasteiger charge is 2.15. The van der Waals surface area contributed by atoms with E-state index in [0.29, 0.717) is 37.6 Å². The zero-order valence-electron chi connectivity index (χ0n) is 17.4. The smallest absolute Gasteiger partial charge is 0.161 e. The minimum atomic E-state index is -0.520. The van der Waals surface area contributed by atoms with E-state index in [1.54, 1.807) is 26.4 Å². The van der Waals surface area contributed by atoms with Crippen molar-refractivity contribution in [3.05, 3.63) is 95.3 Å². The lowest BCUT2D eigenvalue weighted by atomic mass is 10.1. The molecule has 0 fully saturated rings. The van der Waals surface area contributed by atoms with E-state index in [4.69, 9.17) is 9.47 Å². The number of rotatable bonds is 10. The molecule has 0 unspecified atom stereocenters. The number of methoxy groups -OCH3 is 2. The molecule has 0 amide bonds. The Bertz CT molecular complexity index is 915. The first-order valence-corrected chi connectivity index (χ1v) is 9.97. The Morgan fingerprint density at radius 1 is 0.800 bits per heavy atom. The Kier molecular flexibility index (Phi) is 7.82. The van der Waals surface area contributed by atoms with Gasteiger partial charge in [0.2, 0.25) is 0 Å². The average Bonchev–Trinajstić information content (AvgIpc) is 2.75. The maximum Gasteiger partial charge on any atom is 0.161 e. The molecule has 1 N–H and O–H groups in total. The van der Waals surface area contributed by atoms with E-state index in [1.807, 2.05) is 48.5 Å². The van der Waals surface area contributed by atoms with Crippen molar-refractivity contribution >= 4 is 0 Å². The monoisotopic (exact) mass is 409 g/mol. The van der Waals surface area contributed by atoms with E-state index in [1.165, 1.54) is 12.1 Å². The van der Waals surface area contributed by atoms with Gasteiger partial charge < -0.3 is 14.6 Å². The van der Waals surface area contributed by atoms with E-state index < -0.39 is 6.10 Å². The molecular formula is C25H28FNO3. The molecule has 30 heavy (non-hydrogen) atoms. The molecule has 3 rings (SSSR count). The lowest BCUT2D eigenvalue weighted by Crippen LogP contribution is -2.33. The minimum absolute atomic E-state index is 0.255. The van der Waals surface area contributed by atoms with Crippen LogP contribution in [0.1, 0.15) is 16.7 Å². The van der Waals surface area contributed by atoms with Crippen LogP contribution in [0.25, 0.3) is 0 Å². The molecule has 0 aliphatic rings. The van der Waals surface area contributed by atoms with Gasteiger partial charge in [-0.05, 0) is 47.4 Å². The third kappa shape index (κ3) is 6.31. The third-order valence-electron chi connectivity index (χ3n) is 4.96. The Morgan fingerprint density at radius 2 is 1.43 bits per heavy atom. The molecule has 0 radical (unpaired) electrons. The standard InChI is InChI=1S/C25H28FNO3/c1-29-24-13-10-21(15-25(24)30-2)17-27(16-20-8-11-22(26)12-9-20)18-23(28)14-19-6-4-3-5-7-19/h3-13,15,23,28H,14,16-18H2,1-2H3/t23-/m1/s1. The molecule has 0 spiro atoms. The van der Waals surface area contributed by atoms with Gasteiger partial charge in [0.1, 0.15) is 5.82 Å². The van der Waals surface area contributed by atoms with Crippen molar-refractivity contribution in [1.29, 1.82) is 0 Å². The summed E-state index contributed by atoms with van der Waals surface area (Å²) in [6.07, 6.45) is 0.0557. The van der Waals surface area contributed by atoms with Gasteiger partial charge in [-0.15, -0.1) is 0 Å². The third-order valence-corrected chi connectivity index (χ3v) is 4.96. The SMILES string of the molecule is COc1ccc(CN(Cc2ccc(F)cc2)C[C@H](O)Cc2ccccc2)cc1OC. The molecule has 4 nitrogen and oxygen atoms in total. The molecule has 1 atom stereocenters. The van der Waals surface area contributed by atoms with Crippen molar-refractivity contribution < 1.29 is 19.0 Å². The van der Waals surface area contributed by atoms with Gasteiger partial charge in [0, 0.05) is 19.6 Å². The van der Waals surface area contributed by atoms with Crippen molar-refractivity contribution in [2.45, 2.75) is 25.6 Å². The molecule has 0 heterocycles. The Morgan fingerprint density at radius 3 is 2.10 bits per heavy atom. The number of hydrogen-bond acceptors (Lipinski definition) is 4. The number of halogens is 1. The van der Waals surface area contributed by atoms with Crippen LogP contribution in [0.2, 0.25) is 0 Å². The van der Waals surface area contributed by atoms with Gasteiger partial charge in [0.15, 0.2) is 11.5 Å². The van der Waals surface area contributed by atoms with Gasteiger partial charge >= 0.3 is 0 Å². The molecule has 3 aromatic carbocycles. The minimum Gasteiger partial charge on any atom is -0.493 e. The molecule has 0 aliphatic heterocycles. The predicted octanol–water partition coefficient (Wildman–Crippen LogP) is 4.45. The number of aliphatic hydroxyl groups is 1. The molecule has 0 saturated heterocycles. The first-order valence-electron chi connectivity index (χ1n) is 9.97. The van der Waals surface area contributed by atoms with Crippen molar-refractivity contribution in [2.24, 2.45) is 0 Å². The van der Waals surface area contributed by atoms with Crippen LogP contribution in [0.15, 0.2) is 72.8 Å². The van der Waals surface area contributed by atoms with Crippen LogP contribution in [0.5, 0.6) is 11.5 Å². The number of ether oxygens (including phenoxy) is 2. The number of hydrogen-bond donors (Lipinski definition) is 1. The molecule has 0 aliphatic carbocycles. The van der Waals surface area contributed by atoms with Crippen molar-refractivity contribution in [1.82, 2.24) is 4.90 Å². The quantitative estimate of drug-likeness (QED) is 0.537. The van der Waals surface area contributed by atoms with E-state index in [0.717, 1.165) is 16.7 Å². The molecule has 158 valence electrons. The van der Waals surface area contributed by atoms with Crippen LogP contribution in [0, 0.1) is 5.82 Å². The van der Waals surface area contributed by atoms with Crippen molar-refractivity contribution in [3.63, 3.8) is 0 Å². The lowest BCUT2D eigenvalue weighted by molar-refractivity contribution is 0.104. The van der Waals surface area contributed by atoms with Gasteiger partial charge in [0.25, 0.3) is 0 Å². The summed E-state index contributed by atoms with van der Waals surface area (Å²) < 4.78 is 24.0. The second-order valence-electron chi connectivity index (χ2n) is 7.33. The normalized spacial score (nSPS) is 12.0. The highest BCUT2D eigenvalue weighted by Crippen LogP contribution is 2.28. The van der Waals surface area contributed by atoms with Crippen LogP contribution >= 0.6 is 0 Å². The van der Waals surface area contributed by atoms with Gasteiger partial charge in [-0.3, -0.25) is 4.90 Å². The summed E-state index contributed by atoms with van der Waals surface area (Å²) in [4.78, 5) is 2.15. The number of benzene rings is 3. The van der Waals surface area contributed by atoms with Crippen LogP contribution in [-0.2, 0) is 19.5 Å². The summed E-state index contributed by atoms with van der Waals surface area (Å²) in [6.45, 7) is 1.70. The van der Waals surface area contributed by atoms with Crippen LogP contribution < -0.4 is 9.47 Å². The van der Waals surface area contributed by atoms with E-state index in [2.05, 4.69) is 4.90 Å². The maximum atomic E-state index is 13.3. The van der Waals surface area contributed by atoms with Gasteiger partial charge in [-0.2, -0.15) is 0 Å². The highest BCUT2D eigenvalue weighted by molar-refractivity contribution is 5.42. The lowest BCUT2D eigenvalue weighted by Gasteiger charge is -2.26. The summed E-state index contributed by atoms with van der Waals surface area (Å²) in [5.41, 5.74) is 3.13. The van der Waals surface area contributed by atoms with Crippen molar-refractivity contribution in [3.8, 4) is 11.5 Å². The summed E-state index contributed by atoms with van der Waals surface area (Å²) in [5, 5.41) is 10.7. The average molecular weight is 410 g/mol. The molecule has 0 bridgehead atoms. The molecule has 5 heteroatoms. The fraction of sp³-hybridized carbons (Fsp3) is 0.280. The number of nitrogens with zero attached hydrogens (tertiary/aromatic N) is 1. The largest absolute Gasteiger partial charge is 0.493 e. The molecular weight excluding hydrogens is 381 g/mol. The Hall–Kier alpha value is -2.89. The summed E-state index contributed by atoms with van der Waals surface area (Å²) in [6, 6.07) is 22.2. The van der Waals surface area contributed by atoms with Crippen LogP contribution in [0.3, 0.4) is 0 Å². The van der Waals surface area contributed by atoms with Gasteiger partial charge in [-0.25, -0.2) is 4.39 Å². The fourth-order valence-corrected chi connectivity index (χ4v) is 3.52. The highest BCUT2D eigenvalue weighted by atomic mass is 19.1. The zero-order valence-corrected chi connectivity index (χ0v) is 17.4. The van der Waals surface area contributed by atoms with E-state index in [-0.39, 0.29) is 5.82 Å². The summed E-state index contributed by atoms with van der Waals surface area (Å²) >= 11 is 0. The van der Waals surface area contributed by atoms with Crippen molar-refractivity contribution in [2.75, 3.05) is 20.8 Å². The molecule has 3 aromatic rings. The maximum absolute atomic E-state index is 13.3.